The van der Waals surface area contributed by atoms with Crippen LogP contribution in [0.3, 0.4) is 0 Å². The van der Waals surface area contributed by atoms with Gasteiger partial charge in [0.15, 0.2) is 0 Å². The SMILES string of the molecule is CNC(=O)c1nnc(NC)o1. The molecule has 0 aliphatic heterocycles. The molecule has 0 saturated heterocycles. The van der Waals surface area contributed by atoms with Crippen LogP contribution in [0.15, 0.2) is 4.42 Å². The van der Waals surface area contributed by atoms with Crippen LogP contribution in [-0.2, 0) is 0 Å². The van der Waals surface area contributed by atoms with Crippen LogP contribution in [0.25, 0.3) is 0 Å². The number of hydrogen-bond acceptors (Lipinski definition) is 5. The molecule has 0 aliphatic carbocycles. The summed E-state index contributed by atoms with van der Waals surface area (Å²) in [6.07, 6.45) is 0. The van der Waals surface area contributed by atoms with Crippen molar-refractivity contribution in [1.29, 1.82) is 0 Å². The van der Waals surface area contributed by atoms with Gasteiger partial charge in [0.1, 0.15) is 0 Å². The van der Waals surface area contributed by atoms with Crippen LogP contribution in [0.5, 0.6) is 0 Å². The van der Waals surface area contributed by atoms with Gasteiger partial charge in [0.05, 0.1) is 0 Å². The molecule has 6 heteroatoms. The Hall–Kier alpha value is -1.59. The molecule has 0 radical (unpaired) electrons. The lowest BCUT2D eigenvalue weighted by molar-refractivity contribution is 0.0929. The summed E-state index contributed by atoms with van der Waals surface area (Å²) in [6.45, 7) is 0. The molecule has 0 aliphatic rings. The minimum Gasteiger partial charge on any atom is -0.399 e. The monoisotopic (exact) mass is 156 g/mol. The normalized spacial score (nSPS) is 9.27. The molecular formula is C5H8N4O2. The van der Waals surface area contributed by atoms with Crippen molar-refractivity contribution in [1.82, 2.24) is 15.5 Å². The van der Waals surface area contributed by atoms with Crippen molar-refractivity contribution in [2.24, 2.45) is 0 Å². The number of carbonyl (C=O) groups is 1. The molecule has 11 heavy (non-hydrogen) atoms. The van der Waals surface area contributed by atoms with Crippen molar-refractivity contribution in [2.75, 3.05) is 19.4 Å². The Morgan fingerprint density at radius 3 is 2.64 bits per heavy atom. The molecule has 60 valence electrons. The smallest absolute Gasteiger partial charge is 0.315 e. The molecule has 0 saturated carbocycles. The summed E-state index contributed by atoms with van der Waals surface area (Å²) in [5, 5.41) is 11.9. The van der Waals surface area contributed by atoms with E-state index < -0.39 is 0 Å². The third-order valence-corrected chi connectivity index (χ3v) is 1.06. The zero-order valence-electron chi connectivity index (χ0n) is 6.21. The summed E-state index contributed by atoms with van der Waals surface area (Å²) in [5.74, 6) is -0.434. The van der Waals surface area contributed by atoms with Crippen molar-refractivity contribution in [3.63, 3.8) is 0 Å². The molecule has 0 atom stereocenters. The van der Waals surface area contributed by atoms with Crippen molar-refractivity contribution >= 4 is 11.9 Å². The van der Waals surface area contributed by atoms with E-state index in [9.17, 15) is 4.79 Å². The number of hydrogen-bond donors (Lipinski definition) is 2. The maximum atomic E-state index is 10.8. The molecule has 2 N–H and O–H groups in total. The topological polar surface area (TPSA) is 80.0 Å². The summed E-state index contributed by atoms with van der Waals surface area (Å²) in [4.78, 5) is 10.8. The highest BCUT2D eigenvalue weighted by molar-refractivity contribution is 5.89. The molecule has 0 fully saturated rings. The van der Waals surface area contributed by atoms with E-state index in [4.69, 9.17) is 4.42 Å². The standard InChI is InChI=1S/C5H8N4O2/c1-6-3(10)4-8-9-5(7-2)11-4/h1-2H3,(H,6,10)(H,7,9). The lowest BCUT2D eigenvalue weighted by atomic mass is 10.6. The zero-order chi connectivity index (χ0) is 8.27. The van der Waals surface area contributed by atoms with Crippen LogP contribution in [0.1, 0.15) is 10.7 Å². The van der Waals surface area contributed by atoms with E-state index in [0.717, 1.165) is 0 Å². The highest BCUT2D eigenvalue weighted by atomic mass is 16.4. The maximum absolute atomic E-state index is 10.8. The Labute approximate surface area is 63.0 Å². The fourth-order valence-electron chi connectivity index (χ4n) is 0.523. The summed E-state index contributed by atoms with van der Waals surface area (Å²) < 4.78 is 4.84. The van der Waals surface area contributed by atoms with Gasteiger partial charge in [-0.3, -0.25) is 4.79 Å². The zero-order valence-corrected chi connectivity index (χ0v) is 6.21. The Bertz CT molecular complexity index is 257. The van der Waals surface area contributed by atoms with Gasteiger partial charge < -0.3 is 15.1 Å². The van der Waals surface area contributed by atoms with Crippen molar-refractivity contribution < 1.29 is 9.21 Å². The van der Waals surface area contributed by atoms with Crippen LogP contribution in [0.2, 0.25) is 0 Å². The molecule has 0 unspecified atom stereocenters. The van der Waals surface area contributed by atoms with Crippen LogP contribution in [0, 0.1) is 0 Å². The van der Waals surface area contributed by atoms with Gasteiger partial charge in [0.2, 0.25) is 0 Å². The Balaban J connectivity index is 2.80. The average molecular weight is 156 g/mol. The third kappa shape index (κ3) is 1.46. The molecule has 1 aromatic rings. The van der Waals surface area contributed by atoms with Gasteiger partial charge >= 0.3 is 17.8 Å². The van der Waals surface area contributed by atoms with Crippen molar-refractivity contribution in [2.45, 2.75) is 0 Å². The van der Waals surface area contributed by atoms with E-state index in [1.54, 1.807) is 7.05 Å². The molecule has 0 spiro atoms. The van der Waals surface area contributed by atoms with Crippen LogP contribution in [-0.4, -0.2) is 30.2 Å². The minimum absolute atomic E-state index is 0.0446. The van der Waals surface area contributed by atoms with Crippen molar-refractivity contribution in [3.05, 3.63) is 5.89 Å². The quantitative estimate of drug-likeness (QED) is 0.601. The van der Waals surface area contributed by atoms with Gasteiger partial charge in [0, 0.05) is 14.1 Å². The summed E-state index contributed by atoms with van der Waals surface area (Å²) in [6, 6.07) is 0.226. The number of carbonyl (C=O) groups excluding carboxylic acids is 1. The second kappa shape index (κ2) is 3.00. The first-order valence-electron chi connectivity index (χ1n) is 3.01. The van der Waals surface area contributed by atoms with Gasteiger partial charge in [-0.05, 0) is 0 Å². The van der Waals surface area contributed by atoms with Crippen molar-refractivity contribution in [3.8, 4) is 0 Å². The van der Waals surface area contributed by atoms with E-state index in [2.05, 4.69) is 20.8 Å². The molecule has 0 aromatic carbocycles. The van der Waals surface area contributed by atoms with Gasteiger partial charge in [0.25, 0.3) is 0 Å². The first kappa shape index (κ1) is 7.52. The minimum atomic E-state index is -0.390. The number of amides is 1. The van der Waals surface area contributed by atoms with Gasteiger partial charge in [-0.2, -0.15) is 0 Å². The van der Waals surface area contributed by atoms with Gasteiger partial charge in [-0.1, -0.05) is 5.10 Å². The Kier molecular flexibility index (Phi) is 2.05. The number of aromatic nitrogens is 2. The first-order valence-corrected chi connectivity index (χ1v) is 3.01. The predicted molar refractivity (Wildman–Crippen MR) is 37.2 cm³/mol. The number of nitrogens with one attached hydrogen (secondary N) is 2. The first-order chi connectivity index (χ1) is 5.27. The molecule has 1 amide bonds. The maximum Gasteiger partial charge on any atom is 0.315 e. The van der Waals surface area contributed by atoms with E-state index in [1.807, 2.05) is 0 Å². The van der Waals surface area contributed by atoms with Crippen LogP contribution >= 0.6 is 0 Å². The summed E-state index contributed by atoms with van der Waals surface area (Å²) in [7, 11) is 3.12. The number of anilines is 1. The third-order valence-electron chi connectivity index (χ3n) is 1.06. The predicted octanol–water partition coefficient (Wildman–Crippen LogP) is -0.529. The van der Waals surface area contributed by atoms with E-state index in [1.165, 1.54) is 7.05 Å². The number of rotatable bonds is 2. The fraction of sp³-hybridized carbons (Fsp3) is 0.400. The summed E-state index contributed by atoms with van der Waals surface area (Å²) in [5.41, 5.74) is 0. The van der Waals surface area contributed by atoms with Gasteiger partial charge in [-0.25, -0.2) is 0 Å². The lowest BCUT2D eigenvalue weighted by Crippen LogP contribution is -2.17. The molecular weight excluding hydrogens is 148 g/mol. The van der Waals surface area contributed by atoms with Gasteiger partial charge in [-0.15, -0.1) is 5.10 Å². The highest BCUT2D eigenvalue weighted by Gasteiger charge is 2.11. The average Bonchev–Trinajstić information content (AvgIpc) is 2.50. The highest BCUT2D eigenvalue weighted by Crippen LogP contribution is 2.02. The van der Waals surface area contributed by atoms with E-state index in [0.29, 0.717) is 0 Å². The Morgan fingerprint density at radius 2 is 2.18 bits per heavy atom. The van der Waals surface area contributed by atoms with E-state index in [-0.39, 0.29) is 17.8 Å². The van der Waals surface area contributed by atoms with Crippen LogP contribution < -0.4 is 10.6 Å². The molecule has 6 nitrogen and oxygen atoms in total. The second-order valence-electron chi connectivity index (χ2n) is 1.74. The Morgan fingerprint density at radius 1 is 1.45 bits per heavy atom. The summed E-state index contributed by atoms with van der Waals surface area (Å²) >= 11 is 0. The number of nitrogens with zero attached hydrogens (tertiary/aromatic N) is 2. The molecule has 1 rings (SSSR count). The molecule has 1 aromatic heterocycles. The largest absolute Gasteiger partial charge is 0.399 e. The molecule has 0 bridgehead atoms. The van der Waals surface area contributed by atoms with Crippen LogP contribution in [0.4, 0.5) is 6.01 Å². The second-order valence-corrected chi connectivity index (χ2v) is 1.74. The van der Waals surface area contributed by atoms with E-state index >= 15 is 0 Å². The fourth-order valence-corrected chi connectivity index (χ4v) is 0.523. The molecule has 1 heterocycles. The lowest BCUT2D eigenvalue weighted by Gasteiger charge is -1.89.